The zero-order valence-corrected chi connectivity index (χ0v) is 25.7. The summed E-state index contributed by atoms with van der Waals surface area (Å²) in [4.78, 5) is 57.1. The molecule has 7 N–H and O–H groups in total. The molecule has 47 heavy (non-hydrogen) atoms. The topological polar surface area (TPSA) is 308 Å². The number of anilines is 2. The Morgan fingerprint density at radius 1 is 1.00 bits per heavy atom. The van der Waals surface area contributed by atoms with Gasteiger partial charge in [0.1, 0.15) is 42.4 Å². The number of nitrogen functional groups attached to an aromatic ring is 2. The molecule has 0 aromatic carbocycles. The number of nitrogens with one attached hydrogen (secondary N) is 1. The number of nitrogens with two attached hydrogens (primary N) is 2. The van der Waals surface area contributed by atoms with Crippen molar-refractivity contribution in [3.63, 3.8) is 0 Å². The van der Waals surface area contributed by atoms with E-state index in [-0.39, 0.29) is 40.7 Å². The van der Waals surface area contributed by atoms with Gasteiger partial charge in [-0.2, -0.15) is 4.98 Å². The second-order valence-corrected chi connectivity index (χ2v) is 13.8. The van der Waals surface area contributed by atoms with E-state index < -0.39 is 83.0 Å². The lowest BCUT2D eigenvalue weighted by molar-refractivity contribution is -0.229. The average Bonchev–Trinajstić information content (AvgIpc) is 3.74. The number of aromatic nitrogens is 8. The Morgan fingerprint density at radius 3 is 2.49 bits per heavy atom. The number of phosphoric ester groups is 2. The summed E-state index contributed by atoms with van der Waals surface area (Å²) in [5, 5.41) is 0. The number of rotatable bonds is 3. The third-order valence-electron chi connectivity index (χ3n) is 8.35. The summed E-state index contributed by atoms with van der Waals surface area (Å²) in [5.74, 6) is -0.134. The van der Waals surface area contributed by atoms with E-state index in [2.05, 4.69) is 29.9 Å². The van der Waals surface area contributed by atoms with E-state index in [9.17, 15) is 23.7 Å². The third kappa shape index (κ3) is 4.90. The van der Waals surface area contributed by atoms with Crippen molar-refractivity contribution in [2.45, 2.75) is 48.6 Å². The highest BCUT2D eigenvalue weighted by Gasteiger charge is 2.69. The van der Waals surface area contributed by atoms with Crippen LogP contribution in [0.15, 0.2) is 23.8 Å². The van der Waals surface area contributed by atoms with Crippen molar-refractivity contribution in [3.05, 3.63) is 29.3 Å². The number of methoxy groups -OCH3 is 1. The number of nitrogens with zero attached hydrogens (tertiary/aromatic N) is 7. The molecule has 1 spiro atoms. The van der Waals surface area contributed by atoms with Crippen molar-refractivity contribution in [1.29, 1.82) is 0 Å². The summed E-state index contributed by atoms with van der Waals surface area (Å²) in [6, 6.07) is 0. The number of fused-ring (bicyclic) bond motifs is 4. The summed E-state index contributed by atoms with van der Waals surface area (Å²) in [6.07, 6.45) is -4.82. The van der Waals surface area contributed by atoms with E-state index in [0.29, 0.717) is 0 Å². The second kappa shape index (κ2) is 10.8. The third-order valence-corrected chi connectivity index (χ3v) is 10.4. The Hall–Kier alpha value is -3.44. The smallest absolute Gasteiger partial charge is 0.382 e. The van der Waals surface area contributed by atoms with Gasteiger partial charge in [0.05, 0.1) is 32.5 Å². The van der Waals surface area contributed by atoms with Gasteiger partial charge >= 0.3 is 15.6 Å². The van der Waals surface area contributed by atoms with Crippen molar-refractivity contribution >= 4 is 49.7 Å². The van der Waals surface area contributed by atoms with Gasteiger partial charge in [0, 0.05) is 7.11 Å². The SMILES string of the molecule is COC1C2COP(=O)(O)OC34COC3C(n3cnc5c(N)ncnc53)OC4COP(=O)(O)OC1C(n1cnc3c(=O)[nH]c(N)nc31)O2. The van der Waals surface area contributed by atoms with Crippen LogP contribution < -0.4 is 17.0 Å². The Labute approximate surface area is 261 Å². The van der Waals surface area contributed by atoms with Crippen molar-refractivity contribution in [2.24, 2.45) is 0 Å². The van der Waals surface area contributed by atoms with Gasteiger partial charge < -0.3 is 40.2 Å². The molecule has 4 aromatic heterocycles. The van der Waals surface area contributed by atoms with Crippen LogP contribution in [0.3, 0.4) is 0 Å². The summed E-state index contributed by atoms with van der Waals surface area (Å²) in [7, 11) is -8.71. The summed E-state index contributed by atoms with van der Waals surface area (Å²) in [6.45, 7) is -1.58. The van der Waals surface area contributed by atoms with Gasteiger partial charge in [-0.15, -0.1) is 0 Å². The fourth-order valence-corrected chi connectivity index (χ4v) is 8.24. The maximum atomic E-state index is 13.5. The zero-order valence-electron chi connectivity index (χ0n) is 24.0. The molecule has 0 saturated carbocycles. The number of hydrogen-bond donors (Lipinski definition) is 5. The molecule has 0 radical (unpaired) electrons. The molecule has 4 saturated heterocycles. The van der Waals surface area contributed by atoms with Crippen LogP contribution in [-0.4, -0.2) is 112 Å². The highest BCUT2D eigenvalue weighted by molar-refractivity contribution is 7.47. The molecule has 0 aliphatic carbocycles. The first kappa shape index (κ1) is 30.9. The quantitative estimate of drug-likeness (QED) is 0.155. The maximum Gasteiger partial charge on any atom is 0.473 e. The van der Waals surface area contributed by atoms with E-state index in [1.807, 2.05) is 0 Å². The minimum absolute atomic E-state index is 0.0466. The first-order chi connectivity index (χ1) is 22.4. The van der Waals surface area contributed by atoms with Gasteiger partial charge in [0.2, 0.25) is 5.95 Å². The van der Waals surface area contributed by atoms with Gasteiger partial charge in [0.15, 0.2) is 40.7 Å². The summed E-state index contributed by atoms with van der Waals surface area (Å²) >= 11 is 0. The Bertz CT molecular complexity index is 2040. The number of phosphoric acid groups is 2. The van der Waals surface area contributed by atoms with E-state index in [1.165, 1.54) is 35.2 Å². The first-order valence-corrected chi connectivity index (χ1v) is 16.8. The van der Waals surface area contributed by atoms with Crippen LogP contribution >= 0.6 is 15.6 Å². The predicted octanol–water partition coefficient (Wildman–Crippen LogP) is -1.28. The maximum absolute atomic E-state index is 13.5. The predicted molar refractivity (Wildman–Crippen MR) is 151 cm³/mol. The normalized spacial score (nSPS) is 39.1. The Kier molecular flexibility index (Phi) is 7.08. The molecule has 4 aromatic rings. The number of ether oxygens (including phenoxy) is 4. The van der Waals surface area contributed by atoms with Gasteiger partial charge in [-0.05, 0) is 0 Å². The van der Waals surface area contributed by atoms with Crippen LogP contribution in [0.5, 0.6) is 0 Å². The molecule has 4 aliphatic rings. The molecule has 252 valence electrons. The van der Waals surface area contributed by atoms with E-state index in [4.69, 9.17) is 48.5 Å². The van der Waals surface area contributed by atoms with Gasteiger partial charge in [-0.25, -0.2) is 29.1 Å². The standard InChI is InChI=1S/C22H26N10O13P2/c1-38-12-8-2-40-47(36,37)45-22-4-39-14(22)20(31-6-27-10-15(23)25-5-26-16(10)31)43-9(22)3-41-46(34,35)44-13(12)19(42-8)32-7-28-11-17(32)29-21(24)30-18(11)33/h5-9,12-14,19-20H,2-4H2,1H3,(H,34,35)(H,36,37)(H2,23,25,26)(H3,24,29,30,33). The molecule has 25 heteroatoms. The summed E-state index contributed by atoms with van der Waals surface area (Å²) in [5.41, 5.74) is 9.67. The van der Waals surface area contributed by atoms with Crippen LogP contribution in [0.1, 0.15) is 12.5 Å². The Balaban J connectivity index is 1.15. The zero-order chi connectivity index (χ0) is 32.9. The second-order valence-electron chi connectivity index (χ2n) is 11.0. The molecular weight excluding hydrogens is 674 g/mol. The van der Waals surface area contributed by atoms with Crippen LogP contribution in [0, 0.1) is 0 Å². The molecule has 8 heterocycles. The first-order valence-electron chi connectivity index (χ1n) is 13.8. The van der Waals surface area contributed by atoms with Crippen LogP contribution in [0.4, 0.5) is 11.8 Å². The number of hydrogen-bond acceptors (Lipinski definition) is 18. The molecule has 8 rings (SSSR count). The number of aromatic amines is 1. The van der Waals surface area contributed by atoms with Crippen molar-refractivity contribution in [3.8, 4) is 0 Å². The highest BCUT2D eigenvalue weighted by Crippen LogP contribution is 2.60. The van der Waals surface area contributed by atoms with Gasteiger partial charge in [0.25, 0.3) is 5.56 Å². The van der Waals surface area contributed by atoms with Crippen LogP contribution in [0.25, 0.3) is 22.3 Å². The minimum atomic E-state index is -5.01. The molecule has 4 fully saturated rings. The van der Waals surface area contributed by atoms with E-state index in [0.717, 1.165) is 0 Å². The average molecular weight is 700 g/mol. The van der Waals surface area contributed by atoms with E-state index in [1.54, 1.807) is 0 Å². The molecular formula is C22H26N10O13P2. The lowest BCUT2D eigenvalue weighted by Crippen LogP contribution is -2.63. The summed E-state index contributed by atoms with van der Waals surface area (Å²) < 4.78 is 75.3. The minimum Gasteiger partial charge on any atom is -0.382 e. The number of H-pyrrole nitrogens is 1. The van der Waals surface area contributed by atoms with Crippen molar-refractivity contribution in [2.75, 3.05) is 38.4 Å². The number of imidazole rings is 2. The fraction of sp³-hybridized carbons (Fsp3) is 0.545. The molecule has 23 nitrogen and oxygen atoms in total. The highest BCUT2D eigenvalue weighted by atomic mass is 31.2. The molecule has 4 aliphatic heterocycles. The van der Waals surface area contributed by atoms with Gasteiger partial charge in [-0.3, -0.25) is 37.0 Å². The monoisotopic (exact) mass is 700 g/mol. The van der Waals surface area contributed by atoms with Crippen LogP contribution in [-0.2, 0) is 46.2 Å². The Morgan fingerprint density at radius 2 is 1.74 bits per heavy atom. The van der Waals surface area contributed by atoms with Crippen molar-refractivity contribution < 1.29 is 56.0 Å². The lowest BCUT2D eigenvalue weighted by atomic mass is 9.88. The molecule has 2 bridgehead atoms. The largest absolute Gasteiger partial charge is 0.473 e. The van der Waals surface area contributed by atoms with Gasteiger partial charge in [-0.1, -0.05) is 0 Å². The molecule has 10 atom stereocenters. The fourth-order valence-electron chi connectivity index (χ4n) is 6.23. The molecule has 10 unspecified atom stereocenters. The van der Waals surface area contributed by atoms with Crippen molar-refractivity contribution in [1.82, 2.24) is 39.0 Å². The molecule has 0 amide bonds. The lowest BCUT2D eigenvalue weighted by Gasteiger charge is -2.46. The van der Waals surface area contributed by atoms with Crippen LogP contribution in [0.2, 0.25) is 0 Å². The van der Waals surface area contributed by atoms with E-state index >= 15 is 0 Å².